The van der Waals surface area contributed by atoms with Crippen molar-refractivity contribution in [3.63, 3.8) is 0 Å². The van der Waals surface area contributed by atoms with Gasteiger partial charge in [-0.05, 0) is 24.3 Å². The molecule has 4 unspecified atom stereocenters. The fraction of sp³-hybridized carbons (Fsp3) is 0.609. The first-order valence-electron chi connectivity index (χ1n) is 10.9. The maximum Gasteiger partial charge on any atom is 0.338 e. The topological polar surface area (TPSA) is 90.9 Å². The lowest BCUT2D eigenvalue weighted by atomic mass is 10.0. The zero-order valence-corrected chi connectivity index (χ0v) is 19.3. The summed E-state index contributed by atoms with van der Waals surface area (Å²) in [6.07, 6.45) is 3.05. The lowest BCUT2D eigenvalue weighted by Gasteiger charge is -2.40. The Morgan fingerprint density at radius 1 is 1.10 bits per heavy atom. The fourth-order valence-electron chi connectivity index (χ4n) is 3.36. The number of esters is 2. The number of nitrogens with one attached hydrogen (secondary N) is 1. The number of benzene rings is 1. The number of carbonyl (C=O) groups is 3. The summed E-state index contributed by atoms with van der Waals surface area (Å²) in [6.45, 7) is 5.24. The number of carbonyl (C=O) groups excluding carboxylic acids is 3. The molecular formula is C23H33NO6S. The van der Waals surface area contributed by atoms with Crippen LogP contribution in [0.4, 0.5) is 0 Å². The summed E-state index contributed by atoms with van der Waals surface area (Å²) < 4.78 is 17.5. The number of amides is 1. The number of hydrogen-bond donors (Lipinski definition) is 1. The highest BCUT2D eigenvalue weighted by Gasteiger charge is 2.43. The molecule has 31 heavy (non-hydrogen) atoms. The van der Waals surface area contributed by atoms with Crippen LogP contribution in [-0.4, -0.2) is 53.9 Å². The highest BCUT2D eigenvalue weighted by atomic mass is 32.2. The Kier molecular flexibility index (Phi) is 10.9. The van der Waals surface area contributed by atoms with E-state index in [0.29, 0.717) is 18.5 Å². The van der Waals surface area contributed by atoms with Crippen LogP contribution in [0.25, 0.3) is 0 Å². The van der Waals surface area contributed by atoms with Crippen LogP contribution in [0, 0.1) is 0 Å². The highest BCUT2D eigenvalue weighted by Crippen LogP contribution is 2.33. The Bertz CT molecular complexity index is 713. The van der Waals surface area contributed by atoms with Gasteiger partial charge in [0.1, 0.15) is 11.5 Å². The molecule has 0 radical (unpaired) electrons. The first kappa shape index (κ1) is 25.2. The van der Waals surface area contributed by atoms with Crippen LogP contribution in [0.1, 0.15) is 63.2 Å². The van der Waals surface area contributed by atoms with Crippen LogP contribution >= 0.6 is 11.8 Å². The number of hydrogen-bond acceptors (Lipinski definition) is 7. The first-order chi connectivity index (χ1) is 14.9. The van der Waals surface area contributed by atoms with E-state index in [-0.39, 0.29) is 12.0 Å². The standard InChI is InChI=1S/C23H33NO6S/c1-4-5-6-10-13-31-23-21(28-17(3)26)20(14-19(29-23)15-24-16(2)25)30-22(27)18-11-8-7-9-12-18/h7-9,11-12,19-21,23H,4-6,10,13-15H2,1-3H3,(H,24,25). The van der Waals surface area contributed by atoms with Crippen molar-refractivity contribution in [1.29, 1.82) is 0 Å². The molecule has 1 N–H and O–H groups in total. The van der Waals surface area contributed by atoms with Gasteiger partial charge in [-0.3, -0.25) is 9.59 Å². The van der Waals surface area contributed by atoms with Crippen LogP contribution in [0.3, 0.4) is 0 Å². The zero-order chi connectivity index (χ0) is 22.6. The van der Waals surface area contributed by atoms with E-state index in [1.807, 2.05) is 6.07 Å². The molecule has 1 aromatic rings. The van der Waals surface area contributed by atoms with Gasteiger partial charge in [0, 0.05) is 26.8 Å². The van der Waals surface area contributed by atoms with E-state index >= 15 is 0 Å². The molecule has 1 aliphatic rings. The lowest BCUT2D eigenvalue weighted by Crippen LogP contribution is -2.53. The zero-order valence-electron chi connectivity index (χ0n) is 18.5. The molecule has 1 heterocycles. The van der Waals surface area contributed by atoms with Crippen LogP contribution in [0.2, 0.25) is 0 Å². The van der Waals surface area contributed by atoms with E-state index in [2.05, 4.69) is 12.2 Å². The first-order valence-corrected chi connectivity index (χ1v) is 11.9. The largest absolute Gasteiger partial charge is 0.455 e. The van der Waals surface area contributed by atoms with Gasteiger partial charge in [-0.2, -0.15) is 0 Å². The summed E-state index contributed by atoms with van der Waals surface area (Å²) in [5.41, 5.74) is -0.0515. The second kappa shape index (κ2) is 13.4. The van der Waals surface area contributed by atoms with Crippen molar-refractivity contribution in [2.45, 2.75) is 76.6 Å². The highest BCUT2D eigenvalue weighted by molar-refractivity contribution is 7.99. The monoisotopic (exact) mass is 451 g/mol. The molecule has 0 bridgehead atoms. The fourth-order valence-corrected chi connectivity index (χ4v) is 4.62. The average molecular weight is 452 g/mol. The van der Waals surface area contributed by atoms with Gasteiger partial charge in [-0.25, -0.2) is 4.79 Å². The van der Waals surface area contributed by atoms with Gasteiger partial charge in [0.25, 0.3) is 0 Å². The van der Waals surface area contributed by atoms with Gasteiger partial charge in [0.05, 0.1) is 11.7 Å². The van der Waals surface area contributed by atoms with Crippen molar-refractivity contribution in [3.05, 3.63) is 35.9 Å². The molecule has 1 aromatic carbocycles. The maximum atomic E-state index is 12.7. The van der Waals surface area contributed by atoms with E-state index < -0.39 is 29.6 Å². The Balaban J connectivity index is 2.13. The van der Waals surface area contributed by atoms with Crippen LogP contribution < -0.4 is 5.32 Å². The summed E-state index contributed by atoms with van der Waals surface area (Å²) in [4.78, 5) is 35.8. The van der Waals surface area contributed by atoms with Crippen LogP contribution in [0.5, 0.6) is 0 Å². The molecule has 1 aliphatic heterocycles. The molecule has 1 saturated heterocycles. The smallest absolute Gasteiger partial charge is 0.338 e. The van der Waals surface area contributed by atoms with E-state index in [4.69, 9.17) is 14.2 Å². The second-order valence-electron chi connectivity index (χ2n) is 7.61. The Labute approximate surface area is 188 Å². The minimum absolute atomic E-state index is 0.160. The molecule has 8 heteroatoms. The third-order valence-corrected chi connectivity index (χ3v) is 6.12. The number of thioether (sulfide) groups is 1. The quantitative estimate of drug-likeness (QED) is 0.405. The molecule has 0 aromatic heterocycles. The van der Waals surface area contributed by atoms with Crippen LogP contribution in [0.15, 0.2) is 30.3 Å². The predicted molar refractivity (Wildman–Crippen MR) is 120 cm³/mol. The molecule has 7 nitrogen and oxygen atoms in total. The van der Waals surface area contributed by atoms with E-state index in [1.165, 1.54) is 20.3 Å². The molecule has 0 saturated carbocycles. The van der Waals surface area contributed by atoms with Gasteiger partial charge in [0.2, 0.25) is 5.91 Å². The molecule has 2 rings (SSSR count). The summed E-state index contributed by atoms with van der Waals surface area (Å²) in [7, 11) is 0. The van der Waals surface area contributed by atoms with Crippen molar-refractivity contribution >= 4 is 29.6 Å². The molecule has 0 aliphatic carbocycles. The Morgan fingerprint density at radius 2 is 1.84 bits per heavy atom. The van der Waals surface area contributed by atoms with Crippen molar-refractivity contribution in [1.82, 2.24) is 5.32 Å². The van der Waals surface area contributed by atoms with Gasteiger partial charge < -0.3 is 19.5 Å². The minimum Gasteiger partial charge on any atom is -0.455 e. The van der Waals surface area contributed by atoms with Gasteiger partial charge in [-0.15, -0.1) is 11.8 Å². The average Bonchev–Trinajstić information content (AvgIpc) is 2.74. The SMILES string of the molecule is CCCCCCSC1OC(CNC(C)=O)CC(OC(=O)c2ccccc2)C1OC(C)=O. The molecule has 4 atom stereocenters. The summed E-state index contributed by atoms with van der Waals surface area (Å²) >= 11 is 1.56. The normalized spacial score (nSPS) is 23.1. The number of rotatable bonds is 11. The Morgan fingerprint density at radius 3 is 2.48 bits per heavy atom. The van der Waals surface area contributed by atoms with Crippen molar-refractivity contribution < 1.29 is 28.6 Å². The number of unbranched alkanes of at least 4 members (excludes halogenated alkanes) is 3. The van der Waals surface area contributed by atoms with E-state index in [9.17, 15) is 14.4 Å². The van der Waals surface area contributed by atoms with Crippen molar-refractivity contribution in [2.24, 2.45) is 0 Å². The summed E-state index contributed by atoms with van der Waals surface area (Å²) in [5.74, 6) is -0.248. The van der Waals surface area contributed by atoms with Gasteiger partial charge >= 0.3 is 11.9 Å². The van der Waals surface area contributed by atoms with Gasteiger partial charge in [-0.1, -0.05) is 44.4 Å². The third kappa shape index (κ3) is 8.91. The summed E-state index contributed by atoms with van der Waals surface area (Å²) in [6, 6.07) is 8.70. The molecule has 172 valence electrons. The molecular weight excluding hydrogens is 418 g/mol. The van der Waals surface area contributed by atoms with E-state index in [0.717, 1.165) is 25.0 Å². The van der Waals surface area contributed by atoms with Gasteiger partial charge in [0.15, 0.2) is 6.10 Å². The van der Waals surface area contributed by atoms with Crippen molar-refractivity contribution in [2.75, 3.05) is 12.3 Å². The second-order valence-corrected chi connectivity index (χ2v) is 8.82. The third-order valence-electron chi connectivity index (χ3n) is 4.89. The molecule has 1 amide bonds. The Hall–Kier alpha value is -2.06. The maximum absolute atomic E-state index is 12.7. The van der Waals surface area contributed by atoms with Crippen LogP contribution in [-0.2, 0) is 23.8 Å². The van der Waals surface area contributed by atoms with E-state index in [1.54, 1.807) is 36.0 Å². The lowest BCUT2D eigenvalue weighted by molar-refractivity contribution is -0.178. The van der Waals surface area contributed by atoms with Crippen molar-refractivity contribution in [3.8, 4) is 0 Å². The predicted octanol–water partition coefficient (Wildman–Crippen LogP) is 3.71. The minimum atomic E-state index is -0.713. The number of ether oxygens (including phenoxy) is 3. The summed E-state index contributed by atoms with van der Waals surface area (Å²) in [5, 5.41) is 2.76. The molecule has 1 fully saturated rings. The molecule has 0 spiro atoms.